The van der Waals surface area contributed by atoms with Crippen LogP contribution in [0, 0.1) is 5.82 Å². The first-order valence-electron chi connectivity index (χ1n) is 6.66. The van der Waals surface area contributed by atoms with Crippen LogP contribution in [0.3, 0.4) is 0 Å². The Morgan fingerprint density at radius 2 is 1.90 bits per heavy atom. The zero-order valence-corrected chi connectivity index (χ0v) is 13.4. The molecule has 0 spiro atoms. The average Bonchev–Trinajstić information content (AvgIpc) is 2.50. The van der Waals surface area contributed by atoms with Gasteiger partial charge in [-0.15, -0.1) is 0 Å². The van der Waals surface area contributed by atoms with Gasteiger partial charge in [-0.25, -0.2) is 4.39 Å². The van der Waals surface area contributed by atoms with E-state index in [0.717, 1.165) is 21.3 Å². The molecule has 0 amide bonds. The van der Waals surface area contributed by atoms with Crippen LogP contribution in [0.2, 0.25) is 0 Å². The first-order valence-corrected chi connectivity index (χ1v) is 7.45. The van der Waals surface area contributed by atoms with Crippen molar-refractivity contribution < 1.29 is 9.13 Å². The molecular weight excluding hydrogens is 335 g/mol. The molecule has 1 unspecified atom stereocenters. The van der Waals surface area contributed by atoms with E-state index in [1.165, 1.54) is 12.1 Å². The molecule has 0 aliphatic carbocycles. The summed E-state index contributed by atoms with van der Waals surface area (Å²) in [5.74, 6) is 6.23. The van der Waals surface area contributed by atoms with Gasteiger partial charge in [0.05, 0.1) is 7.11 Å². The molecule has 0 saturated heterocycles. The number of para-hydroxylation sites is 1. The van der Waals surface area contributed by atoms with Crippen LogP contribution in [0.1, 0.15) is 11.1 Å². The van der Waals surface area contributed by atoms with Gasteiger partial charge >= 0.3 is 0 Å². The van der Waals surface area contributed by atoms with Crippen molar-refractivity contribution in [2.24, 2.45) is 5.84 Å². The molecule has 2 aromatic carbocycles. The van der Waals surface area contributed by atoms with Crippen LogP contribution in [0.15, 0.2) is 46.9 Å². The summed E-state index contributed by atoms with van der Waals surface area (Å²) in [6.45, 7) is 0. The molecule has 0 radical (unpaired) electrons. The monoisotopic (exact) mass is 352 g/mol. The minimum absolute atomic E-state index is 0.0144. The normalized spacial score (nSPS) is 12.2. The van der Waals surface area contributed by atoms with Crippen molar-refractivity contribution in [1.29, 1.82) is 0 Å². The van der Waals surface area contributed by atoms with Crippen LogP contribution in [-0.4, -0.2) is 13.2 Å². The average molecular weight is 353 g/mol. The van der Waals surface area contributed by atoms with Crippen molar-refractivity contribution >= 4 is 15.9 Å². The molecule has 3 nitrogen and oxygen atoms in total. The topological polar surface area (TPSA) is 47.3 Å². The van der Waals surface area contributed by atoms with Crippen molar-refractivity contribution in [1.82, 2.24) is 5.43 Å². The summed E-state index contributed by atoms with van der Waals surface area (Å²) in [6, 6.07) is 12.5. The Morgan fingerprint density at radius 1 is 1.19 bits per heavy atom. The quantitative estimate of drug-likeness (QED) is 0.619. The standard InChI is InChI=1S/C16H18BrFN2O/c1-21-16-5-3-2-4-11(16)9-14(20-19)10-12-8-13(18)6-7-15(12)17/h2-8,14,20H,9-10,19H2,1H3. The third kappa shape index (κ3) is 4.27. The SMILES string of the molecule is COc1ccccc1CC(Cc1cc(F)ccc1Br)NN. The predicted molar refractivity (Wildman–Crippen MR) is 85.6 cm³/mol. The molecule has 2 rings (SSSR count). The van der Waals surface area contributed by atoms with E-state index in [-0.39, 0.29) is 11.9 Å². The highest BCUT2D eigenvalue weighted by Gasteiger charge is 2.14. The van der Waals surface area contributed by atoms with Crippen molar-refractivity contribution in [2.75, 3.05) is 7.11 Å². The van der Waals surface area contributed by atoms with Gasteiger partial charge < -0.3 is 4.74 Å². The van der Waals surface area contributed by atoms with Gasteiger partial charge in [0.1, 0.15) is 11.6 Å². The van der Waals surface area contributed by atoms with Crippen molar-refractivity contribution in [3.8, 4) is 5.75 Å². The smallest absolute Gasteiger partial charge is 0.123 e. The second kappa shape index (κ2) is 7.54. The fourth-order valence-corrected chi connectivity index (χ4v) is 2.70. The minimum atomic E-state index is -0.249. The van der Waals surface area contributed by atoms with E-state index in [1.54, 1.807) is 13.2 Å². The van der Waals surface area contributed by atoms with E-state index in [0.29, 0.717) is 12.8 Å². The molecule has 21 heavy (non-hydrogen) atoms. The molecule has 0 fully saturated rings. The van der Waals surface area contributed by atoms with Gasteiger partial charge in [0, 0.05) is 10.5 Å². The zero-order valence-electron chi connectivity index (χ0n) is 11.8. The molecule has 0 heterocycles. The number of ether oxygens (including phenoxy) is 1. The number of hydrazine groups is 1. The lowest BCUT2D eigenvalue weighted by Crippen LogP contribution is -2.38. The van der Waals surface area contributed by atoms with E-state index >= 15 is 0 Å². The summed E-state index contributed by atoms with van der Waals surface area (Å²) in [7, 11) is 1.65. The Kier molecular flexibility index (Phi) is 5.73. The third-order valence-electron chi connectivity index (χ3n) is 3.37. The molecule has 5 heteroatoms. The molecule has 0 bridgehead atoms. The second-order valence-electron chi connectivity index (χ2n) is 4.82. The Hall–Kier alpha value is -1.43. The summed E-state index contributed by atoms with van der Waals surface area (Å²) < 4.78 is 19.6. The summed E-state index contributed by atoms with van der Waals surface area (Å²) in [5.41, 5.74) is 4.75. The van der Waals surface area contributed by atoms with Gasteiger partial charge in [-0.2, -0.15) is 0 Å². The molecule has 3 N–H and O–H groups in total. The molecule has 2 aromatic rings. The second-order valence-corrected chi connectivity index (χ2v) is 5.67. The molecule has 0 aromatic heterocycles. The molecule has 1 atom stereocenters. The van der Waals surface area contributed by atoms with Crippen LogP contribution >= 0.6 is 15.9 Å². The highest BCUT2D eigenvalue weighted by molar-refractivity contribution is 9.10. The number of hydrogen-bond acceptors (Lipinski definition) is 3. The van der Waals surface area contributed by atoms with Crippen molar-refractivity contribution in [3.63, 3.8) is 0 Å². The van der Waals surface area contributed by atoms with E-state index in [2.05, 4.69) is 21.4 Å². The Morgan fingerprint density at radius 3 is 2.62 bits per heavy atom. The Labute approximate surface area is 132 Å². The van der Waals surface area contributed by atoms with E-state index in [1.807, 2.05) is 24.3 Å². The van der Waals surface area contributed by atoms with Crippen LogP contribution in [0.4, 0.5) is 4.39 Å². The maximum atomic E-state index is 13.4. The third-order valence-corrected chi connectivity index (χ3v) is 4.14. The van der Waals surface area contributed by atoms with Crippen LogP contribution in [0.5, 0.6) is 5.75 Å². The van der Waals surface area contributed by atoms with E-state index in [4.69, 9.17) is 10.6 Å². The Balaban J connectivity index is 2.15. The maximum Gasteiger partial charge on any atom is 0.123 e. The summed E-state index contributed by atoms with van der Waals surface area (Å²) in [5, 5.41) is 0. The lowest BCUT2D eigenvalue weighted by molar-refractivity contribution is 0.404. The highest BCUT2D eigenvalue weighted by Crippen LogP contribution is 2.23. The highest BCUT2D eigenvalue weighted by atomic mass is 79.9. The lowest BCUT2D eigenvalue weighted by Gasteiger charge is -2.18. The fraction of sp³-hybridized carbons (Fsp3) is 0.250. The molecule has 0 saturated carbocycles. The van der Waals surface area contributed by atoms with Crippen LogP contribution < -0.4 is 16.0 Å². The minimum Gasteiger partial charge on any atom is -0.496 e. The molecule has 112 valence electrons. The summed E-state index contributed by atoms with van der Waals surface area (Å²) >= 11 is 3.44. The number of rotatable bonds is 6. The first-order chi connectivity index (χ1) is 10.1. The van der Waals surface area contributed by atoms with Gasteiger partial charge in [-0.1, -0.05) is 34.1 Å². The van der Waals surface area contributed by atoms with Crippen molar-refractivity contribution in [3.05, 3.63) is 63.9 Å². The largest absolute Gasteiger partial charge is 0.496 e. The number of methoxy groups -OCH3 is 1. The molecular formula is C16H18BrFN2O. The van der Waals surface area contributed by atoms with Crippen molar-refractivity contribution in [2.45, 2.75) is 18.9 Å². The summed E-state index contributed by atoms with van der Waals surface area (Å²) in [4.78, 5) is 0. The number of nitrogens with one attached hydrogen (secondary N) is 1. The van der Waals surface area contributed by atoms with Gasteiger partial charge in [0.25, 0.3) is 0 Å². The van der Waals surface area contributed by atoms with E-state index < -0.39 is 0 Å². The maximum absolute atomic E-state index is 13.4. The number of halogens is 2. The van der Waals surface area contributed by atoms with Crippen LogP contribution in [-0.2, 0) is 12.8 Å². The van der Waals surface area contributed by atoms with E-state index in [9.17, 15) is 4.39 Å². The fourth-order valence-electron chi connectivity index (χ4n) is 2.29. The van der Waals surface area contributed by atoms with Gasteiger partial charge in [-0.3, -0.25) is 11.3 Å². The van der Waals surface area contributed by atoms with Gasteiger partial charge in [0.15, 0.2) is 0 Å². The van der Waals surface area contributed by atoms with Gasteiger partial charge in [-0.05, 0) is 48.2 Å². The molecule has 0 aliphatic heterocycles. The summed E-state index contributed by atoms with van der Waals surface area (Å²) in [6.07, 6.45) is 1.32. The number of benzene rings is 2. The first kappa shape index (κ1) is 15.9. The lowest BCUT2D eigenvalue weighted by atomic mass is 9.99. The number of nitrogens with two attached hydrogens (primary N) is 1. The predicted octanol–water partition coefficient (Wildman–Crippen LogP) is 3.21. The zero-order chi connectivity index (χ0) is 15.2. The number of hydrogen-bond donors (Lipinski definition) is 2. The van der Waals surface area contributed by atoms with Crippen LogP contribution in [0.25, 0.3) is 0 Å². The molecule has 0 aliphatic rings. The van der Waals surface area contributed by atoms with Gasteiger partial charge in [0.2, 0.25) is 0 Å². The Bertz CT molecular complexity index is 607.